The molecule has 1 saturated carbocycles. The van der Waals surface area contributed by atoms with Crippen molar-refractivity contribution in [2.75, 3.05) is 44.9 Å². The summed E-state index contributed by atoms with van der Waals surface area (Å²) in [4.78, 5) is 16.5. The predicted octanol–water partition coefficient (Wildman–Crippen LogP) is 0.0682. The number of piperazine rings is 1. The number of rotatable bonds is 4. The van der Waals surface area contributed by atoms with Gasteiger partial charge in [0.1, 0.15) is 0 Å². The molecule has 0 unspecified atom stereocenters. The largest absolute Gasteiger partial charge is 0.383 e. The van der Waals surface area contributed by atoms with Crippen LogP contribution < -0.4 is 5.32 Å². The fraction of sp³-hybridized carbons (Fsp3) is 0.933. The van der Waals surface area contributed by atoms with Crippen LogP contribution >= 0.6 is 0 Å². The van der Waals surface area contributed by atoms with Crippen molar-refractivity contribution in [3.63, 3.8) is 0 Å². The van der Waals surface area contributed by atoms with E-state index in [1.54, 1.807) is 12.0 Å². The Bertz CT molecular complexity index is 533. The van der Waals surface area contributed by atoms with Gasteiger partial charge in [-0.15, -0.1) is 0 Å². The van der Waals surface area contributed by atoms with Crippen LogP contribution in [0.5, 0.6) is 0 Å². The average molecular weight is 345 g/mol. The Morgan fingerprint density at radius 2 is 1.87 bits per heavy atom. The minimum absolute atomic E-state index is 0.0826. The summed E-state index contributed by atoms with van der Waals surface area (Å²) in [5.41, 5.74) is 0. The Morgan fingerprint density at radius 3 is 2.57 bits per heavy atom. The summed E-state index contributed by atoms with van der Waals surface area (Å²) in [5, 5.41) is 3.10. The Kier molecular flexibility index (Phi) is 5.13. The van der Waals surface area contributed by atoms with Gasteiger partial charge in [0.2, 0.25) is 0 Å². The van der Waals surface area contributed by atoms with Crippen LogP contribution in [0, 0.1) is 0 Å². The maximum Gasteiger partial charge on any atom is 0.317 e. The van der Waals surface area contributed by atoms with E-state index in [0.717, 1.165) is 25.7 Å². The van der Waals surface area contributed by atoms with E-state index in [-0.39, 0.29) is 35.7 Å². The molecule has 8 heteroatoms. The lowest BCUT2D eigenvalue weighted by atomic mass is 10.1. The quantitative estimate of drug-likeness (QED) is 0.780. The van der Waals surface area contributed by atoms with Crippen molar-refractivity contribution >= 4 is 15.9 Å². The van der Waals surface area contributed by atoms with Crippen molar-refractivity contribution in [2.24, 2.45) is 0 Å². The smallest absolute Gasteiger partial charge is 0.317 e. The molecule has 0 spiro atoms. The number of carbonyl (C=O) groups is 1. The number of carbonyl (C=O) groups excluding carboxylic acids is 1. The van der Waals surface area contributed by atoms with Gasteiger partial charge >= 0.3 is 6.03 Å². The third kappa shape index (κ3) is 3.80. The fourth-order valence-corrected chi connectivity index (χ4v) is 6.10. The van der Waals surface area contributed by atoms with Crippen molar-refractivity contribution in [3.8, 4) is 0 Å². The first kappa shape index (κ1) is 17.0. The molecule has 1 aliphatic carbocycles. The molecule has 23 heavy (non-hydrogen) atoms. The number of hydrogen-bond donors (Lipinski definition) is 1. The Morgan fingerprint density at radius 1 is 1.17 bits per heavy atom. The van der Waals surface area contributed by atoms with E-state index in [0.29, 0.717) is 26.2 Å². The molecule has 132 valence electrons. The van der Waals surface area contributed by atoms with E-state index < -0.39 is 9.84 Å². The second-order valence-corrected chi connectivity index (χ2v) is 9.02. The molecule has 7 nitrogen and oxygen atoms in total. The highest BCUT2D eigenvalue weighted by Crippen LogP contribution is 2.27. The third-order valence-corrected chi connectivity index (χ3v) is 7.02. The number of methoxy groups -OCH3 is 1. The summed E-state index contributed by atoms with van der Waals surface area (Å²) in [6.45, 7) is 2.58. The molecule has 0 radical (unpaired) electrons. The fourth-order valence-electron chi connectivity index (χ4n) is 4.09. The molecule has 2 saturated heterocycles. The molecule has 2 aliphatic heterocycles. The number of ether oxygens (including phenoxy) is 1. The van der Waals surface area contributed by atoms with Gasteiger partial charge in [-0.3, -0.25) is 4.90 Å². The van der Waals surface area contributed by atoms with Crippen LogP contribution in [0.3, 0.4) is 0 Å². The monoisotopic (exact) mass is 345 g/mol. The lowest BCUT2D eigenvalue weighted by molar-refractivity contribution is 0.0459. The molecule has 2 amide bonds. The molecular weight excluding hydrogens is 318 g/mol. The van der Waals surface area contributed by atoms with Gasteiger partial charge in [-0.2, -0.15) is 0 Å². The summed E-state index contributed by atoms with van der Waals surface area (Å²) in [6.07, 6.45) is 4.39. The van der Waals surface area contributed by atoms with Crippen LogP contribution in [0.2, 0.25) is 0 Å². The minimum atomic E-state index is -3.08. The molecule has 0 bridgehead atoms. The summed E-state index contributed by atoms with van der Waals surface area (Å²) in [5.74, 6) is 0.230. The minimum Gasteiger partial charge on any atom is -0.383 e. The van der Waals surface area contributed by atoms with Gasteiger partial charge in [-0.1, -0.05) is 12.8 Å². The van der Waals surface area contributed by atoms with Crippen LogP contribution in [-0.2, 0) is 14.6 Å². The van der Waals surface area contributed by atoms with Crippen LogP contribution in [-0.4, -0.2) is 87.2 Å². The molecular formula is C15H27N3O4S. The van der Waals surface area contributed by atoms with E-state index >= 15 is 0 Å². The lowest BCUT2D eigenvalue weighted by Crippen LogP contribution is -2.63. The van der Waals surface area contributed by atoms with E-state index in [1.165, 1.54) is 0 Å². The SMILES string of the molecule is COCCN1CCN(C(=O)NC2CCCC2)[C@H]2CS(=O)(=O)C[C@H]21. The Labute approximate surface area is 138 Å². The zero-order valence-corrected chi connectivity index (χ0v) is 14.6. The van der Waals surface area contributed by atoms with E-state index in [9.17, 15) is 13.2 Å². The van der Waals surface area contributed by atoms with Gasteiger partial charge in [-0.25, -0.2) is 13.2 Å². The van der Waals surface area contributed by atoms with Crippen LogP contribution in [0.1, 0.15) is 25.7 Å². The Balaban J connectivity index is 1.69. The highest BCUT2D eigenvalue weighted by atomic mass is 32.2. The number of fused-ring (bicyclic) bond motifs is 1. The van der Waals surface area contributed by atoms with Gasteiger partial charge in [0.25, 0.3) is 0 Å². The zero-order valence-electron chi connectivity index (χ0n) is 13.7. The highest BCUT2D eigenvalue weighted by molar-refractivity contribution is 7.91. The first-order valence-corrected chi connectivity index (χ1v) is 10.3. The normalized spacial score (nSPS) is 31.3. The van der Waals surface area contributed by atoms with Crippen LogP contribution in [0.4, 0.5) is 4.79 Å². The third-order valence-electron chi connectivity index (χ3n) is 5.32. The molecule has 3 fully saturated rings. The topological polar surface area (TPSA) is 79.0 Å². The van der Waals surface area contributed by atoms with Crippen molar-refractivity contribution in [1.82, 2.24) is 15.1 Å². The van der Waals surface area contributed by atoms with Crippen molar-refractivity contribution in [1.29, 1.82) is 0 Å². The van der Waals surface area contributed by atoms with Gasteiger partial charge in [0, 0.05) is 38.8 Å². The van der Waals surface area contributed by atoms with E-state index in [2.05, 4.69) is 10.2 Å². The maximum absolute atomic E-state index is 12.6. The van der Waals surface area contributed by atoms with Crippen LogP contribution in [0.25, 0.3) is 0 Å². The van der Waals surface area contributed by atoms with Gasteiger partial charge in [-0.05, 0) is 12.8 Å². The molecule has 3 rings (SSSR count). The number of sulfone groups is 1. The van der Waals surface area contributed by atoms with Gasteiger partial charge in [0.15, 0.2) is 9.84 Å². The van der Waals surface area contributed by atoms with Crippen molar-refractivity contribution in [3.05, 3.63) is 0 Å². The Hall–Kier alpha value is -0.860. The first-order chi connectivity index (χ1) is 11.0. The maximum atomic E-state index is 12.6. The number of nitrogens with zero attached hydrogens (tertiary/aromatic N) is 2. The number of urea groups is 1. The first-order valence-electron chi connectivity index (χ1n) is 8.51. The molecule has 1 N–H and O–H groups in total. The summed E-state index contributed by atoms with van der Waals surface area (Å²) in [6, 6.07) is -0.161. The van der Waals surface area contributed by atoms with Gasteiger partial charge in [0.05, 0.1) is 24.2 Å². The second-order valence-electron chi connectivity index (χ2n) is 6.86. The number of amides is 2. The summed E-state index contributed by atoms with van der Waals surface area (Å²) >= 11 is 0. The number of hydrogen-bond acceptors (Lipinski definition) is 5. The van der Waals surface area contributed by atoms with E-state index in [1.807, 2.05) is 0 Å². The van der Waals surface area contributed by atoms with Crippen molar-refractivity contribution in [2.45, 2.75) is 43.8 Å². The molecule has 0 aromatic carbocycles. The summed E-state index contributed by atoms with van der Waals surface area (Å²) < 4.78 is 29.3. The van der Waals surface area contributed by atoms with E-state index in [4.69, 9.17) is 4.74 Å². The molecule has 3 aliphatic rings. The average Bonchev–Trinajstić information content (AvgIpc) is 3.10. The number of nitrogens with one attached hydrogen (secondary N) is 1. The highest BCUT2D eigenvalue weighted by Gasteiger charge is 2.48. The van der Waals surface area contributed by atoms with Crippen molar-refractivity contribution < 1.29 is 17.9 Å². The molecule has 2 heterocycles. The standard InChI is InChI=1S/C15H27N3O4S/c1-22-9-8-17-6-7-18(14-11-23(20,21)10-13(14)17)15(19)16-12-4-2-3-5-12/h12-14H,2-11H2,1H3,(H,16,19)/t13-,14+/m1/s1. The van der Waals surface area contributed by atoms with Gasteiger partial charge < -0.3 is 15.0 Å². The predicted molar refractivity (Wildman–Crippen MR) is 87.2 cm³/mol. The molecule has 0 aromatic heterocycles. The van der Waals surface area contributed by atoms with Crippen LogP contribution in [0.15, 0.2) is 0 Å². The molecule has 0 aromatic rings. The zero-order chi connectivity index (χ0) is 16.4. The molecule has 2 atom stereocenters. The summed E-state index contributed by atoms with van der Waals surface area (Å²) in [7, 11) is -1.44. The second kappa shape index (κ2) is 6.94. The lowest BCUT2D eigenvalue weighted by Gasteiger charge is -2.44.